The van der Waals surface area contributed by atoms with Crippen molar-refractivity contribution in [3.05, 3.63) is 29.6 Å². The average Bonchev–Trinajstić information content (AvgIpc) is 2.30. The van der Waals surface area contributed by atoms with Gasteiger partial charge in [-0.05, 0) is 31.9 Å². The van der Waals surface area contributed by atoms with E-state index in [-0.39, 0.29) is 5.91 Å². The van der Waals surface area contributed by atoms with Crippen LogP contribution in [0, 0.1) is 0 Å². The third kappa shape index (κ3) is 2.78. The number of carbonyl (C=O) groups excluding carboxylic acids is 1. The minimum Gasteiger partial charge on any atom is -0.338 e. The van der Waals surface area contributed by atoms with E-state index in [1.807, 2.05) is 19.9 Å². The Balaban J connectivity index is 2.82. The van der Waals surface area contributed by atoms with Gasteiger partial charge in [0.25, 0.3) is 5.91 Å². The Labute approximate surface area is 91.1 Å². The molecule has 0 aliphatic rings. The predicted molar refractivity (Wildman–Crippen MR) is 60.9 cm³/mol. The Hall–Kier alpha value is -1.38. The highest BCUT2D eigenvalue weighted by Gasteiger charge is 2.12. The monoisotopic (exact) mass is 206 g/mol. The normalized spacial score (nSPS) is 10.1. The maximum absolute atomic E-state index is 11.9. The van der Waals surface area contributed by atoms with Gasteiger partial charge in [0.05, 0.1) is 0 Å². The van der Waals surface area contributed by atoms with Gasteiger partial charge >= 0.3 is 0 Å². The molecule has 0 radical (unpaired) electrons. The van der Waals surface area contributed by atoms with Crippen LogP contribution in [0.4, 0.5) is 0 Å². The van der Waals surface area contributed by atoms with Crippen LogP contribution in [0.2, 0.25) is 0 Å². The summed E-state index contributed by atoms with van der Waals surface area (Å²) >= 11 is 0. The molecule has 0 aliphatic heterocycles. The predicted octanol–water partition coefficient (Wildman–Crippen LogP) is 2.13. The minimum atomic E-state index is 0.0163. The summed E-state index contributed by atoms with van der Waals surface area (Å²) in [6.45, 7) is 7.48. The van der Waals surface area contributed by atoms with Crippen molar-refractivity contribution in [1.82, 2.24) is 9.88 Å². The van der Waals surface area contributed by atoms with E-state index >= 15 is 0 Å². The molecule has 3 nitrogen and oxygen atoms in total. The lowest BCUT2D eigenvalue weighted by Crippen LogP contribution is -2.31. The molecule has 0 spiro atoms. The maximum atomic E-state index is 11.9. The van der Waals surface area contributed by atoms with E-state index in [2.05, 4.69) is 11.9 Å². The quantitative estimate of drug-likeness (QED) is 0.756. The van der Waals surface area contributed by atoms with Crippen molar-refractivity contribution in [1.29, 1.82) is 0 Å². The van der Waals surface area contributed by atoms with Gasteiger partial charge in [-0.3, -0.25) is 9.78 Å². The summed E-state index contributed by atoms with van der Waals surface area (Å²) in [5.74, 6) is 0.0163. The van der Waals surface area contributed by atoms with E-state index in [1.54, 1.807) is 17.2 Å². The first-order valence-electron chi connectivity index (χ1n) is 5.47. The summed E-state index contributed by atoms with van der Waals surface area (Å²) in [5.41, 5.74) is 1.70. The van der Waals surface area contributed by atoms with Crippen LogP contribution in [0.3, 0.4) is 0 Å². The lowest BCUT2D eigenvalue weighted by molar-refractivity contribution is 0.0767. The maximum Gasteiger partial charge on any atom is 0.272 e. The van der Waals surface area contributed by atoms with Gasteiger partial charge in [0.2, 0.25) is 0 Å². The molecule has 3 heteroatoms. The number of nitrogens with zero attached hydrogens (tertiary/aromatic N) is 2. The second kappa shape index (κ2) is 5.49. The molecule has 0 aromatic carbocycles. The number of aryl methyl sites for hydroxylation is 1. The smallest absolute Gasteiger partial charge is 0.272 e. The first-order chi connectivity index (χ1) is 7.22. The van der Waals surface area contributed by atoms with Crippen LogP contribution >= 0.6 is 0 Å². The van der Waals surface area contributed by atoms with E-state index in [1.165, 1.54) is 0 Å². The lowest BCUT2D eigenvalue weighted by atomic mass is 10.2. The minimum absolute atomic E-state index is 0.0163. The number of amides is 1. The Morgan fingerprint density at radius 2 is 1.93 bits per heavy atom. The molecule has 82 valence electrons. The van der Waals surface area contributed by atoms with Gasteiger partial charge < -0.3 is 4.90 Å². The molecule has 1 amide bonds. The van der Waals surface area contributed by atoms with E-state index < -0.39 is 0 Å². The lowest BCUT2D eigenvalue weighted by Gasteiger charge is -2.17. The van der Waals surface area contributed by atoms with Crippen molar-refractivity contribution in [2.75, 3.05) is 13.1 Å². The molecule has 1 heterocycles. The Morgan fingerprint density at radius 3 is 2.33 bits per heavy atom. The number of hydrogen-bond donors (Lipinski definition) is 0. The summed E-state index contributed by atoms with van der Waals surface area (Å²) < 4.78 is 0. The molecule has 0 bridgehead atoms. The number of aromatic nitrogens is 1. The van der Waals surface area contributed by atoms with Crippen LogP contribution in [0.5, 0.6) is 0 Å². The molecule has 15 heavy (non-hydrogen) atoms. The van der Waals surface area contributed by atoms with Crippen LogP contribution in [-0.4, -0.2) is 28.9 Å². The fraction of sp³-hybridized carbons (Fsp3) is 0.500. The van der Waals surface area contributed by atoms with Crippen LogP contribution in [0.15, 0.2) is 18.3 Å². The van der Waals surface area contributed by atoms with Gasteiger partial charge in [-0.1, -0.05) is 13.0 Å². The van der Waals surface area contributed by atoms with E-state index in [0.29, 0.717) is 5.69 Å². The summed E-state index contributed by atoms with van der Waals surface area (Å²) in [7, 11) is 0. The molecule has 0 N–H and O–H groups in total. The van der Waals surface area contributed by atoms with E-state index in [9.17, 15) is 4.79 Å². The highest BCUT2D eigenvalue weighted by molar-refractivity contribution is 5.92. The van der Waals surface area contributed by atoms with Crippen molar-refractivity contribution < 1.29 is 4.79 Å². The molecule has 0 saturated heterocycles. The first kappa shape index (κ1) is 11.7. The van der Waals surface area contributed by atoms with Gasteiger partial charge in [0, 0.05) is 19.3 Å². The average molecular weight is 206 g/mol. The fourth-order valence-corrected chi connectivity index (χ4v) is 1.43. The van der Waals surface area contributed by atoms with Crippen molar-refractivity contribution in [3.63, 3.8) is 0 Å². The number of hydrogen-bond acceptors (Lipinski definition) is 2. The molecule has 1 aromatic rings. The molecule has 1 aromatic heterocycles. The Bertz CT molecular complexity index is 315. The Kier molecular flexibility index (Phi) is 4.28. The molecular weight excluding hydrogens is 188 g/mol. The number of rotatable bonds is 4. The van der Waals surface area contributed by atoms with Crippen molar-refractivity contribution >= 4 is 5.91 Å². The van der Waals surface area contributed by atoms with Crippen LogP contribution < -0.4 is 0 Å². The summed E-state index contributed by atoms with van der Waals surface area (Å²) in [6.07, 6.45) is 2.73. The summed E-state index contributed by atoms with van der Waals surface area (Å²) in [5, 5.41) is 0. The fourth-order valence-electron chi connectivity index (χ4n) is 1.43. The topological polar surface area (TPSA) is 33.2 Å². The highest BCUT2D eigenvalue weighted by Crippen LogP contribution is 2.04. The van der Waals surface area contributed by atoms with Crippen molar-refractivity contribution in [2.24, 2.45) is 0 Å². The molecule has 1 rings (SSSR count). The zero-order valence-corrected chi connectivity index (χ0v) is 9.66. The molecule has 0 fully saturated rings. The zero-order chi connectivity index (χ0) is 11.3. The van der Waals surface area contributed by atoms with Crippen molar-refractivity contribution in [2.45, 2.75) is 27.2 Å². The second-order valence-electron chi connectivity index (χ2n) is 3.38. The Morgan fingerprint density at radius 1 is 1.27 bits per heavy atom. The van der Waals surface area contributed by atoms with Gasteiger partial charge in [-0.25, -0.2) is 0 Å². The van der Waals surface area contributed by atoms with Gasteiger partial charge in [0.1, 0.15) is 5.69 Å². The standard InChI is InChI=1S/C12H18N2O/c1-4-10-7-8-11(13-9-10)12(15)14(5-2)6-3/h7-9H,4-6H2,1-3H3. The first-order valence-corrected chi connectivity index (χ1v) is 5.47. The molecular formula is C12H18N2O. The van der Waals surface area contributed by atoms with Gasteiger partial charge in [-0.2, -0.15) is 0 Å². The molecule has 0 saturated carbocycles. The van der Waals surface area contributed by atoms with Gasteiger partial charge in [-0.15, -0.1) is 0 Å². The van der Waals surface area contributed by atoms with E-state index in [4.69, 9.17) is 0 Å². The largest absolute Gasteiger partial charge is 0.338 e. The second-order valence-corrected chi connectivity index (χ2v) is 3.38. The third-order valence-corrected chi connectivity index (χ3v) is 2.50. The number of carbonyl (C=O) groups is 1. The van der Waals surface area contributed by atoms with Crippen LogP contribution in [-0.2, 0) is 6.42 Å². The molecule has 0 atom stereocenters. The van der Waals surface area contributed by atoms with Crippen LogP contribution in [0.25, 0.3) is 0 Å². The van der Waals surface area contributed by atoms with Crippen LogP contribution in [0.1, 0.15) is 36.8 Å². The molecule has 0 aliphatic carbocycles. The molecule has 0 unspecified atom stereocenters. The number of pyridine rings is 1. The summed E-state index contributed by atoms with van der Waals surface area (Å²) in [4.78, 5) is 17.8. The SMILES string of the molecule is CCc1ccc(C(=O)N(CC)CC)nc1. The summed E-state index contributed by atoms with van der Waals surface area (Å²) in [6, 6.07) is 3.77. The zero-order valence-electron chi connectivity index (χ0n) is 9.66. The van der Waals surface area contributed by atoms with E-state index in [0.717, 1.165) is 25.1 Å². The van der Waals surface area contributed by atoms with Crippen molar-refractivity contribution in [3.8, 4) is 0 Å². The van der Waals surface area contributed by atoms with Gasteiger partial charge in [0.15, 0.2) is 0 Å². The third-order valence-electron chi connectivity index (χ3n) is 2.50. The highest BCUT2D eigenvalue weighted by atomic mass is 16.2.